The summed E-state index contributed by atoms with van der Waals surface area (Å²) in [5.74, 6) is -3.47. The second-order valence-electron chi connectivity index (χ2n) is 8.49. The van der Waals surface area contributed by atoms with Gasteiger partial charge in [0.05, 0.1) is 12.5 Å². The summed E-state index contributed by atoms with van der Waals surface area (Å²) in [6.45, 7) is 4.21. The maximum atomic E-state index is 12.9. The molecule has 0 aromatic rings. The third-order valence-electron chi connectivity index (χ3n) is 4.91. The molecule has 34 heavy (non-hydrogen) atoms. The predicted octanol–water partition coefficient (Wildman–Crippen LogP) is -1.34. The van der Waals surface area contributed by atoms with Crippen molar-refractivity contribution in [2.75, 3.05) is 18.6 Å². The Kier molecular flexibility index (Phi) is 15.9. The first kappa shape index (κ1) is 31.6. The van der Waals surface area contributed by atoms with Crippen LogP contribution >= 0.6 is 11.8 Å². The molecule has 4 unspecified atom stereocenters. The van der Waals surface area contributed by atoms with E-state index in [-0.39, 0.29) is 18.8 Å². The molecule has 0 aromatic carbocycles. The highest BCUT2D eigenvalue weighted by Gasteiger charge is 2.31. The number of nitrogens with two attached hydrogens (primary N) is 3. The van der Waals surface area contributed by atoms with Gasteiger partial charge in [-0.1, -0.05) is 13.8 Å². The van der Waals surface area contributed by atoms with Gasteiger partial charge >= 0.3 is 5.97 Å². The van der Waals surface area contributed by atoms with Crippen molar-refractivity contribution in [1.29, 1.82) is 0 Å². The second-order valence-corrected chi connectivity index (χ2v) is 9.48. The summed E-state index contributed by atoms with van der Waals surface area (Å²) in [6.07, 6.45) is 3.17. The number of carbonyl (C=O) groups excluding carboxylic acids is 4. The van der Waals surface area contributed by atoms with Gasteiger partial charge in [-0.3, -0.25) is 19.2 Å². The fourth-order valence-corrected chi connectivity index (χ4v) is 3.57. The van der Waals surface area contributed by atoms with Crippen LogP contribution in [0.5, 0.6) is 0 Å². The van der Waals surface area contributed by atoms with Gasteiger partial charge in [-0.25, -0.2) is 4.79 Å². The summed E-state index contributed by atoms with van der Waals surface area (Å²) >= 11 is 1.46. The highest BCUT2D eigenvalue weighted by molar-refractivity contribution is 7.98. The molecule has 0 aliphatic carbocycles. The Labute approximate surface area is 204 Å². The van der Waals surface area contributed by atoms with Crippen molar-refractivity contribution in [3.05, 3.63) is 0 Å². The van der Waals surface area contributed by atoms with Crippen LogP contribution in [0.4, 0.5) is 0 Å². The van der Waals surface area contributed by atoms with Crippen LogP contribution in [0.3, 0.4) is 0 Å². The highest BCUT2D eigenvalue weighted by Crippen LogP contribution is 2.07. The van der Waals surface area contributed by atoms with Crippen LogP contribution in [0, 0.1) is 5.92 Å². The molecule has 0 aliphatic heterocycles. The number of thioether (sulfide) groups is 1. The van der Waals surface area contributed by atoms with Crippen LogP contribution in [-0.4, -0.2) is 77.4 Å². The van der Waals surface area contributed by atoms with Crippen molar-refractivity contribution in [3.63, 3.8) is 0 Å². The molecule has 0 bridgehead atoms. The first-order valence-corrected chi connectivity index (χ1v) is 12.7. The monoisotopic (exact) mass is 504 g/mol. The molecule has 4 amide bonds. The first-order valence-electron chi connectivity index (χ1n) is 11.3. The van der Waals surface area contributed by atoms with Crippen LogP contribution in [0.25, 0.3) is 0 Å². The van der Waals surface area contributed by atoms with E-state index in [1.165, 1.54) is 11.8 Å². The van der Waals surface area contributed by atoms with E-state index < -0.39 is 60.2 Å². The predicted molar refractivity (Wildman–Crippen MR) is 131 cm³/mol. The Hall–Kier alpha value is -2.38. The van der Waals surface area contributed by atoms with Crippen molar-refractivity contribution >= 4 is 41.4 Å². The van der Waals surface area contributed by atoms with Crippen LogP contribution in [0.1, 0.15) is 52.4 Å². The zero-order chi connectivity index (χ0) is 26.3. The summed E-state index contributed by atoms with van der Waals surface area (Å²) in [4.78, 5) is 61.1. The lowest BCUT2D eigenvalue weighted by Gasteiger charge is -2.25. The van der Waals surface area contributed by atoms with Gasteiger partial charge in [-0.2, -0.15) is 11.8 Å². The van der Waals surface area contributed by atoms with Gasteiger partial charge in [0.25, 0.3) is 0 Å². The van der Waals surface area contributed by atoms with Crippen molar-refractivity contribution in [2.24, 2.45) is 23.1 Å². The average molecular weight is 505 g/mol. The first-order chi connectivity index (χ1) is 15.9. The van der Waals surface area contributed by atoms with Crippen molar-refractivity contribution in [3.8, 4) is 0 Å². The summed E-state index contributed by atoms with van der Waals surface area (Å²) in [7, 11) is 0. The highest BCUT2D eigenvalue weighted by atomic mass is 32.2. The van der Waals surface area contributed by atoms with E-state index in [1.807, 2.05) is 20.1 Å². The molecular weight excluding hydrogens is 464 g/mol. The van der Waals surface area contributed by atoms with Crippen LogP contribution in [0.15, 0.2) is 0 Å². The largest absolute Gasteiger partial charge is 0.480 e. The molecule has 0 rings (SSSR count). The lowest BCUT2D eigenvalue weighted by Crippen LogP contribution is -2.57. The lowest BCUT2D eigenvalue weighted by molar-refractivity contribution is -0.142. The molecule has 13 heteroatoms. The number of rotatable bonds is 18. The Balaban J connectivity index is 5.42. The topological polar surface area (TPSA) is 220 Å². The summed E-state index contributed by atoms with van der Waals surface area (Å²) in [5, 5.41) is 16.7. The molecule has 0 aromatic heterocycles. The van der Waals surface area contributed by atoms with Crippen LogP contribution in [-0.2, 0) is 24.0 Å². The van der Waals surface area contributed by atoms with E-state index in [2.05, 4.69) is 16.0 Å². The van der Waals surface area contributed by atoms with Gasteiger partial charge < -0.3 is 38.3 Å². The number of primary amides is 1. The number of carboxylic acids is 1. The van der Waals surface area contributed by atoms with Gasteiger partial charge in [-0.15, -0.1) is 0 Å². The summed E-state index contributed by atoms with van der Waals surface area (Å²) < 4.78 is 0. The van der Waals surface area contributed by atoms with Crippen LogP contribution < -0.4 is 33.2 Å². The summed E-state index contributed by atoms with van der Waals surface area (Å²) in [5.41, 5.74) is 16.6. The van der Waals surface area contributed by atoms with Gasteiger partial charge in [0.1, 0.15) is 18.1 Å². The third kappa shape index (κ3) is 13.4. The molecule has 0 saturated heterocycles. The standard InChI is InChI=1S/C21H40N6O6S/c1-12(2)10-13(23)18(29)25-14(7-9-34-3)19(30)27-16(11-17(24)28)20(31)26-15(21(32)33)6-4-5-8-22/h12-16H,4-11,22-23H2,1-3H3,(H2,24,28)(H,25,29)(H,26,31)(H,27,30)(H,32,33). The molecule has 196 valence electrons. The van der Waals surface area contributed by atoms with Crippen molar-refractivity contribution in [2.45, 2.75) is 76.5 Å². The van der Waals surface area contributed by atoms with E-state index in [4.69, 9.17) is 17.2 Å². The van der Waals surface area contributed by atoms with Crippen LogP contribution in [0.2, 0.25) is 0 Å². The molecule has 12 nitrogen and oxygen atoms in total. The smallest absolute Gasteiger partial charge is 0.326 e. The quantitative estimate of drug-likeness (QED) is 0.110. The minimum Gasteiger partial charge on any atom is -0.480 e. The molecule has 4 atom stereocenters. The Morgan fingerprint density at radius 2 is 1.44 bits per heavy atom. The minimum absolute atomic E-state index is 0.135. The molecule has 0 fully saturated rings. The number of unbranched alkanes of at least 4 members (excludes halogenated alkanes) is 1. The number of carboxylic acid groups (broad SMARTS) is 1. The fourth-order valence-electron chi connectivity index (χ4n) is 3.10. The van der Waals surface area contributed by atoms with E-state index in [0.29, 0.717) is 31.6 Å². The lowest BCUT2D eigenvalue weighted by atomic mass is 10.0. The van der Waals surface area contributed by atoms with Gasteiger partial charge in [0.2, 0.25) is 23.6 Å². The Bertz CT molecular complexity index is 693. The fraction of sp³-hybridized carbons (Fsp3) is 0.762. The number of carbonyl (C=O) groups is 5. The SMILES string of the molecule is CSCCC(NC(=O)C(N)CC(C)C)C(=O)NC(CC(N)=O)C(=O)NC(CCCCN)C(=O)O. The number of nitrogens with one attached hydrogen (secondary N) is 3. The van der Waals surface area contributed by atoms with Crippen molar-refractivity contribution < 1.29 is 29.1 Å². The average Bonchev–Trinajstić information content (AvgIpc) is 2.74. The Morgan fingerprint density at radius 3 is 1.94 bits per heavy atom. The molecule has 0 radical (unpaired) electrons. The van der Waals surface area contributed by atoms with E-state index in [9.17, 15) is 29.1 Å². The molecule has 0 aliphatic rings. The number of hydrogen-bond acceptors (Lipinski definition) is 8. The van der Waals surface area contributed by atoms with E-state index >= 15 is 0 Å². The molecular formula is C21H40N6O6S. The number of amides is 4. The molecule has 0 saturated carbocycles. The van der Waals surface area contributed by atoms with E-state index in [0.717, 1.165) is 0 Å². The molecule has 10 N–H and O–H groups in total. The maximum absolute atomic E-state index is 12.9. The Morgan fingerprint density at radius 1 is 0.882 bits per heavy atom. The summed E-state index contributed by atoms with van der Waals surface area (Å²) in [6, 6.07) is -4.42. The normalized spacial score (nSPS) is 14.5. The number of aliphatic carboxylic acids is 1. The molecule has 0 heterocycles. The van der Waals surface area contributed by atoms with Gasteiger partial charge in [-0.05, 0) is 56.6 Å². The van der Waals surface area contributed by atoms with Gasteiger partial charge in [0, 0.05) is 0 Å². The zero-order valence-corrected chi connectivity index (χ0v) is 21.0. The number of hydrogen-bond donors (Lipinski definition) is 7. The third-order valence-corrected chi connectivity index (χ3v) is 5.55. The second kappa shape index (κ2) is 17.1. The minimum atomic E-state index is -1.40. The van der Waals surface area contributed by atoms with Gasteiger partial charge in [0.15, 0.2) is 0 Å². The zero-order valence-electron chi connectivity index (χ0n) is 20.2. The van der Waals surface area contributed by atoms with Crippen molar-refractivity contribution in [1.82, 2.24) is 16.0 Å². The maximum Gasteiger partial charge on any atom is 0.326 e. The molecule has 0 spiro atoms. The van der Waals surface area contributed by atoms with E-state index in [1.54, 1.807) is 0 Å².